The Labute approximate surface area is 169 Å². The van der Waals surface area contributed by atoms with Gasteiger partial charge in [-0.15, -0.1) is 0 Å². The summed E-state index contributed by atoms with van der Waals surface area (Å²) in [7, 11) is -3.49. The van der Waals surface area contributed by atoms with Crippen LogP contribution in [-0.2, 0) is 14.8 Å². The van der Waals surface area contributed by atoms with E-state index < -0.39 is 10.0 Å². The van der Waals surface area contributed by atoms with E-state index in [4.69, 9.17) is 0 Å². The molecule has 3 fully saturated rings. The van der Waals surface area contributed by atoms with Gasteiger partial charge in [0.2, 0.25) is 15.9 Å². The third kappa shape index (κ3) is 3.86. The van der Waals surface area contributed by atoms with Crippen LogP contribution in [-0.4, -0.2) is 49.7 Å². The molecule has 28 heavy (non-hydrogen) atoms. The highest BCUT2D eigenvalue weighted by Crippen LogP contribution is 2.49. The van der Waals surface area contributed by atoms with Crippen LogP contribution in [0.5, 0.6) is 0 Å². The monoisotopic (exact) mass is 404 g/mol. The van der Waals surface area contributed by atoms with Crippen molar-refractivity contribution in [1.29, 1.82) is 0 Å². The maximum absolute atomic E-state index is 12.9. The number of carbonyl (C=O) groups is 1. The highest BCUT2D eigenvalue weighted by Gasteiger charge is 2.41. The van der Waals surface area contributed by atoms with Crippen molar-refractivity contribution in [2.24, 2.45) is 17.8 Å². The summed E-state index contributed by atoms with van der Waals surface area (Å²) in [4.78, 5) is 14.9. The van der Waals surface area contributed by atoms with Gasteiger partial charge in [-0.2, -0.15) is 4.31 Å². The molecule has 1 saturated heterocycles. The Morgan fingerprint density at radius 2 is 1.71 bits per heavy atom. The Morgan fingerprint density at radius 3 is 2.25 bits per heavy atom. The minimum Gasteiger partial charge on any atom is -0.340 e. The van der Waals surface area contributed by atoms with Crippen molar-refractivity contribution in [1.82, 2.24) is 9.21 Å². The third-order valence-corrected chi connectivity index (χ3v) is 9.01. The summed E-state index contributed by atoms with van der Waals surface area (Å²) in [5.41, 5.74) is 1.13. The van der Waals surface area contributed by atoms with Gasteiger partial charge in [0.05, 0.1) is 4.90 Å². The van der Waals surface area contributed by atoms with Crippen LogP contribution >= 0.6 is 0 Å². The molecule has 1 heterocycles. The molecule has 0 aromatic heterocycles. The summed E-state index contributed by atoms with van der Waals surface area (Å²) >= 11 is 0. The third-order valence-electron chi connectivity index (χ3n) is 7.10. The number of carbonyl (C=O) groups excluding carboxylic acids is 1. The molecule has 3 aliphatic rings. The first-order chi connectivity index (χ1) is 13.3. The van der Waals surface area contributed by atoms with Crippen molar-refractivity contribution in [2.45, 2.75) is 56.8 Å². The molecule has 1 aromatic rings. The molecule has 0 spiro atoms. The van der Waals surface area contributed by atoms with E-state index in [0.29, 0.717) is 49.3 Å². The zero-order valence-electron chi connectivity index (χ0n) is 17.0. The number of hydrogen-bond acceptors (Lipinski definition) is 3. The standard InChI is InChI=1S/C22H32N2O3S/c1-16(2)18-5-7-21(8-6-18)28(26,27)24-11-9-23(10-12-24)22(25)15-20-14-17-3-4-19(20)13-17/h5-8,16-17,19-20H,3-4,9-15H2,1-2H3/t17-,19-,20+/m1/s1. The van der Waals surface area contributed by atoms with Gasteiger partial charge in [-0.1, -0.05) is 32.4 Å². The van der Waals surface area contributed by atoms with Gasteiger partial charge >= 0.3 is 0 Å². The van der Waals surface area contributed by atoms with E-state index in [1.54, 1.807) is 12.1 Å². The zero-order chi connectivity index (χ0) is 19.9. The normalized spacial score (nSPS) is 28.2. The molecular weight excluding hydrogens is 372 g/mol. The summed E-state index contributed by atoms with van der Waals surface area (Å²) in [5.74, 6) is 2.76. The van der Waals surface area contributed by atoms with Gasteiger partial charge in [0.25, 0.3) is 0 Å². The predicted molar refractivity (Wildman–Crippen MR) is 109 cm³/mol. The topological polar surface area (TPSA) is 57.7 Å². The molecule has 0 radical (unpaired) electrons. The van der Waals surface area contributed by atoms with E-state index in [1.807, 2.05) is 17.0 Å². The lowest BCUT2D eigenvalue weighted by Gasteiger charge is -2.35. The van der Waals surface area contributed by atoms with Crippen molar-refractivity contribution in [2.75, 3.05) is 26.2 Å². The summed E-state index contributed by atoms with van der Waals surface area (Å²) in [5, 5.41) is 0. The molecule has 0 unspecified atom stereocenters. The van der Waals surface area contributed by atoms with Crippen molar-refractivity contribution >= 4 is 15.9 Å². The molecule has 5 nitrogen and oxygen atoms in total. The van der Waals surface area contributed by atoms with Gasteiger partial charge < -0.3 is 4.90 Å². The number of hydrogen-bond donors (Lipinski definition) is 0. The number of benzene rings is 1. The van der Waals surface area contributed by atoms with Gasteiger partial charge in [0, 0.05) is 32.6 Å². The smallest absolute Gasteiger partial charge is 0.243 e. The predicted octanol–water partition coefficient (Wildman–Crippen LogP) is 3.47. The molecule has 4 rings (SSSR count). The number of fused-ring (bicyclic) bond motifs is 2. The quantitative estimate of drug-likeness (QED) is 0.755. The largest absolute Gasteiger partial charge is 0.340 e. The first kappa shape index (κ1) is 19.9. The fraction of sp³-hybridized carbons (Fsp3) is 0.682. The van der Waals surface area contributed by atoms with Gasteiger partial charge in [0.1, 0.15) is 0 Å². The van der Waals surface area contributed by atoms with Gasteiger partial charge in [0.15, 0.2) is 0 Å². The fourth-order valence-electron chi connectivity index (χ4n) is 5.33. The van der Waals surface area contributed by atoms with Crippen molar-refractivity contribution < 1.29 is 13.2 Å². The van der Waals surface area contributed by atoms with Crippen LogP contribution in [0.2, 0.25) is 0 Å². The van der Waals surface area contributed by atoms with Crippen molar-refractivity contribution in [3.8, 4) is 0 Å². The lowest BCUT2D eigenvalue weighted by molar-refractivity contribution is -0.133. The summed E-state index contributed by atoms with van der Waals surface area (Å²) in [6, 6.07) is 7.20. The molecule has 0 N–H and O–H groups in total. The summed E-state index contributed by atoms with van der Waals surface area (Å²) < 4.78 is 27.4. The van der Waals surface area contributed by atoms with E-state index in [0.717, 1.165) is 17.4 Å². The van der Waals surface area contributed by atoms with Crippen LogP contribution in [0.25, 0.3) is 0 Å². The van der Waals surface area contributed by atoms with Crippen LogP contribution in [0.1, 0.15) is 57.4 Å². The second-order valence-corrected chi connectivity index (χ2v) is 11.1. The van der Waals surface area contributed by atoms with Crippen molar-refractivity contribution in [3.05, 3.63) is 29.8 Å². The van der Waals surface area contributed by atoms with Crippen LogP contribution in [0.15, 0.2) is 29.2 Å². The number of nitrogens with zero attached hydrogens (tertiary/aromatic N) is 2. The molecule has 2 bridgehead atoms. The van der Waals surface area contributed by atoms with E-state index in [2.05, 4.69) is 13.8 Å². The molecule has 2 aliphatic carbocycles. The van der Waals surface area contributed by atoms with E-state index >= 15 is 0 Å². The Bertz CT molecular complexity index is 811. The van der Waals surface area contributed by atoms with Crippen LogP contribution in [0, 0.1) is 17.8 Å². The number of amides is 1. The Kier molecular flexibility index (Phi) is 5.53. The Balaban J connectivity index is 1.33. The molecule has 154 valence electrons. The lowest BCUT2D eigenvalue weighted by Crippen LogP contribution is -2.50. The van der Waals surface area contributed by atoms with E-state index in [9.17, 15) is 13.2 Å². The molecule has 6 heteroatoms. The van der Waals surface area contributed by atoms with E-state index in [1.165, 1.54) is 30.0 Å². The second kappa shape index (κ2) is 7.79. The number of sulfonamides is 1. The number of piperazine rings is 1. The van der Waals surface area contributed by atoms with Crippen LogP contribution in [0.4, 0.5) is 0 Å². The van der Waals surface area contributed by atoms with Gasteiger partial charge in [-0.25, -0.2) is 8.42 Å². The highest BCUT2D eigenvalue weighted by molar-refractivity contribution is 7.89. The van der Waals surface area contributed by atoms with Crippen molar-refractivity contribution in [3.63, 3.8) is 0 Å². The first-order valence-corrected chi connectivity index (χ1v) is 12.2. The highest BCUT2D eigenvalue weighted by atomic mass is 32.2. The lowest BCUT2D eigenvalue weighted by atomic mass is 9.86. The van der Waals surface area contributed by atoms with Gasteiger partial charge in [-0.3, -0.25) is 4.79 Å². The SMILES string of the molecule is CC(C)c1ccc(S(=O)(=O)N2CCN(C(=O)C[C@@H]3C[C@@H]4CC[C@@H]3C4)CC2)cc1. The van der Waals surface area contributed by atoms with Crippen LogP contribution in [0.3, 0.4) is 0 Å². The first-order valence-electron chi connectivity index (χ1n) is 10.7. The molecular formula is C22H32N2O3S. The van der Waals surface area contributed by atoms with Crippen LogP contribution < -0.4 is 0 Å². The molecule has 1 amide bonds. The van der Waals surface area contributed by atoms with E-state index in [-0.39, 0.29) is 5.91 Å². The zero-order valence-corrected chi connectivity index (χ0v) is 17.8. The molecule has 1 aliphatic heterocycles. The average Bonchev–Trinajstić information content (AvgIpc) is 3.31. The maximum atomic E-state index is 12.9. The minimum atomic E-state index is -3.49. The average molecular weight is 405 g/mol. The van der Waals surface area contributed by atoms with Gasteiger partial charge in [-0.05, 0) is 60.6 Å². The fourth-order valence-corrected chi connectivity index (χ4v) is 6.75. The summed E-state index contributed by atoms with van der Waals surface area (Å²) in [6.07, 6.45) is 5.84. The molecule has 2 saturated carbocycles. The Hall–Kier alpha value is -1.40. The number of rotatable bonds is 5. The molecule has 1 aromatic carbocycles. The second-order valence-electron chi connectivity index (χ2n) is 9.15. The summed E-state index contributed by atoms with van der Waals surface area (Å²) in [6.45, 7) is 5.96. The maximum Gasteiger partial charge on any atom is 0.243 e. The Morgan fingerprint density at radius 1 is 1.04 bits per heavy atom. The molecule has 3 atom stereocenters. The minimum absolute atomic E-state index is 0.218.